The van der Waals surface area contributed by atoms with E-state index in [1.165, 1.54) is 25.7 Å². The van der Waals surface area contributed by atoms with Crippen molar-refractivity contribution < 1.29 is 66.0 Å². The van der Waals surface area contributed by atoms with E-state index >= 15 is 0 Å². The molecule has 2 aliphatic carbocycles. The summed E-state index contributed by atoms with van der Waals surface area (Å²) in [6.07, 6.45) is 16.2. The van der Waals surface area contributed by atoms with Crippen LogP contribution in [0.4, 0.5) is 0 Å². The number of rotatable bonds is 2. The Kier molecular flexibility index (Phi) is 19.3. The molecule has 0 bridgehead atoms. The van der Waals surface area contributed by atoms with Crippen LogP contribution in [-0.2, 0) is 9.53 Å². The summed E-state index contributed by atoms with van der Waals surface area (Å²) in [5.74, 6) is 3.92. The van der Waals surface area contributed by atoms with Crippen molar-refractivity contribution in [2.75, 3.05) is 25.4 Å². The second kappa shape index (κ2) is 16.9. The molecule has 3 nitrogen and oxygen atoms in total. The van der Waals surface area contributed by atoms with E-state index in [1.807, 2.05) is 0 Å². The number of ether oxygens (including phenoxy) is 1. The average molecular weight is 611 g/mol. The fourth-order valence-corrected chi connectivity index (χ4v) is 3.85. The zero-order valence-corrected chi connectivity index (χ0v) is 29.3. The molecule has 1 heterocycles. The smallest absolute Gasteiger partial charge is 0.850 e. The van der Waals surface area contributed by atoms with Crippen molar-refractivity contribution in [2.45, 2.75) is 111 Å². The maximum atomic E-state index is 10.8. The van der Waals surface area contributed by atoms with Gasteiger partial charge in [-0.05, 0) is 102 Å². The molecular formula is C26H52IKO3S. The first-order valence-electron chi connectivity index (χ1n) is 12.2. The fourth-order valence-electron chi connectivity index (χ4n) is 3.85. The van der Waals surface area contributed by atoms with E-state index in [-0.39, 0.29) is 58.6 Å². The fraction of sp³-hybridized carbons (Fsp3) is 0.962. The minimum atomic E-state index is -0.750. The third-order valence-corrected chi connectivity index (χ3v) is 5.97. The van der Waals surface area contributed by atoms with Gasteiger partial charge in [-0.25, -0.2) is 0 Å². The van der Waals surface area contributed by atoms with E-state index in [0.29, 0.717) is 11.4 Å². The first-order chi connectivity index (χ1) is 13.9. The normalized spacial score (nSPS) is 26.1. The second-order valence-electron chi connectivity index (χ2n) is 12.0. The molecule has 0 aromatic rings. The van der Waals surface area contributed by atoms with Gasteiger partial charge >= 0.3 is 51.4 Å². The molecule has 0 unspecified atom stereocenters. The Balaban J connectivity index is 0. The molecule has 0 radical (unpaired) electrons. The summed E-state index contributed by atoms with van der Waals surface area (Å²) < 4.78 is 5.47. The summed E-state index contributed by atoms with van der Waals surface area (Å²) in [5, 5.41) is 10.1. The van der Waals surface area contributed by atoms with Gasteiger partial charge in [-0.2, -0.15) is 7.20 Å². The van der Waals surface area contributed by atoms with Crippen molar-refractivity contribution in [3.8, 4) is 0 Å². The Morgan fingerprint density at radius 3 is 1.47 bits per heavy atom. The summed E-state index contributed by atoms with van der Waals surface area (Å²) in [6, 6.07) is 0. The van der Waals surface area contributed by atoms with Gasteiger partial charge in [0.2, 0.25) is 0 Å². The molecule has 2 saturated carbocycles. The first kappa shape index (κ1) is 36.5. The Morgan fingerprint density at radius 2 is 1.22 bits per heavy atom. The molecule has 32 heavy (non-hydrogen) atoms. The zero-order chi connectivity index (χ0) is 24.5. The van der Waals surface area contributed by atoms with Gasteiger partial charge in [-0.1, -0.05) is 48.5 Å². The molecule has 3 rings (SSSR count). The number of hydrogen-bond acceptors (Lipinski definition) is 3. The van der Waals surface area contributed by atoms with Gasteiger partial charge in [0.15, 0.2) is 0 Å². The number of carbonyl (C=O) groups is 1. The Hall–Kier alpha value is 2.31. The molecule has 3 fully saturated rings. The molecule has 188 valence electrons. The van der Waals surface area contributed by atoms with Gasteiger partial charge in [0, 0.05) is 12.8 Å². The van der Waals surface area contributed by atoms with Crippen LogP contribution in [0.15, 0.2) is 0 Å². The zero-order valence-electron chi connectivity index (χ0n) is 23.2. The Morgan fingerprint density at radius 1 is 0.938 bits per heavy atom. The number of Topliss-reactive ketones (excluding diaryl/α,β-unsaturated/α-hetero) is 1. The molecule has 0 atom stereocenters. The third kappa shape index (κ3) is 22.8. The first-order valence-corrected chi connectivity index (χ1v) is 17.6. The number of hydrogen-bond donors (Lipinski definition) is 0. The summed E-state index contributed by atoms with van der Waals surface area (Å²) in [7, 11) is -0.197. The van der Waals surface area contributed by atoms with E-state index in [0.717, 1.165) is 56.0 Å². The minimum Gasteiger partial charge on any atom is -0.850 e. The van der Waals surface area contributed by atoms with Crippen LogP contribution in [0, 0.1) is 23.7 Å². The SMILES string of the molecule is CC(C)(C)[O-].CC(C)C1CCC(=O)CC1.CC(C)C1CCC2(CC1)CO2.CS(C)(C)I.[K+]. The predicted octanol–water partition coefficient (Wildman–Crippen LogP) is 4.18. The van der Waals surface area contributed by atoms with Crippen LogP contribution in [0.1, 0.15) is 99.8 Å². The van der Waals surface area contributed by atoms with Crippen LogP contribution in [0.2, 0.25) is 0 Å². The van der Waals surface area contributed by atoms with Crippen molar-refractivity contribution in [1.29, 1.82) is 0 Å². The molecule has 0 N–H and O–H groups in total. The van der Waals surface area contributed by atoms with Crippen molar-refractivity contribution in [2.24, 2.45) is 23.7 Å². The van der Waals surface area contributed by atoms with Crippen molar-refractivity contribution >= 4 is 34.2 Å². The number of epoxide rings is 1. The molecule has 0 aromatic carbocycles. The van der Waals surface area contributed by atoms with E-state index < -0.39 is 5.60 Å². The van der Waals surface area contributed by atoms with Gasteiger partial charge < -0.3 is 9.84 Å². The van der Waals surface area contributed by atoms with Gasteiger partial charge in [0.05, 0.1) is 12.2 Å². The van der Waals surface area contributed by atoms with E-state index in [9.17, 15) is 9.90 Å². The van der Waals surface area contributed by atoms with Gasteiger partial charge in [-0.3, -0.25) is 4.79 Å². The van der Waals surface area contributed by atoms with Crippen LogP contribution in [-0.4, -0.2) is 42.4 Å². The summed E-state index contributed by atoms with van der Waals surface area (Å²) >= 11 is 2.46. The quantitative estimate of drug-likeness (QED) is 0.268. The van der Waals surface area contributed by atoms with Crippen molar-refractivity contribution in [1.82, 2.24) is 0 Å². The molecular weight excluding hydrogens is 558 g/mol. The number of halogens is 1. The van der Waals surface area contributed by atoms with Crippen LogP contribution in [0.3, 0.4) is 0 Å². The van der Waals surface area contributed by atoms with Crippen molar-refractivity contribution in [3.05, 3.63) is 0 Å². The van der Waals surface area contributed by atoms with Crippen molar-refractivity contribution in [3.63, 3.8) is 0 Å². The molecule has 3 aliphatic rings. The minimum absolute atomic E-state index is 0. The molecule has 1 spiro atoms. The largest absolute Gasteiger partial charge is 1.00 e. The standard InChI is InChI=1S/C10H18O.C9H16O.C4H9O.C3H9IS.K/c1-8(2)9-3-5-10(6-4-9)7-11-10;1-7(2)8-3-5-9(10)6-4-8;1-4(2,3)5;1-5(2,3)4;/h8-9H,3-7H2,1-2H3;7-8H,3-6H2,1-2H3;2*1-3H3;/q;;-1;;+1. The van der Waals surface area contributed by atoms with E-state index in [1.54, 1.807) is 20.8 Å². The van der Waals surface area contributed by atoms with Crippen LogP contribution < -0.4 is 56.5 Å². The number of carbonyl (C=O) groups excluding carboxylic acids is 1. The summed E-state index contributed by atoms with van der Waals surface area (Å²) in [5.41, 5.74) is -0.356. The molecule has 1 saturated heterocycles. The monoisotopic (exact) mass is 610 g/mol. The maximum Gasteiger partial charge on any atom is 1.00 e. The van der Waals surface area contributed by atoms with E-state index in [2.05, 4.69) is 67.7 Å². The van der Waals surface area contributed by atoms with Crippen LogP contribution in [0.25, 0.3) is 0 Å². The summed E-state index contributed by atoms with van der Waals surface area (Å²) in [4.78, 5) is 10.8. The predicted molar refractivity (Wildman–Crippen MR) is 146 cm³/mol. The molecule has 6 heteroatoms. The number of ketones is 1. The third-order valence-electron chi connectivity index (χ3n) is 5.97. The van der Waals surface area contributed by atoms with Gasteiger partial charge in [0.1, 0.15) is 5.78 Å². The maximum absolute atomic E-state index is 10.8. The molecule has 0 amide bonds. The topological polar surface area (TPSA) is 52.7 Å². The average Bonchev–Trinajstić information content (AvgIpc) is 3.32. The van der Waals surface area contributed by atoms with Gasteiger partial charge in [-0.15, -0.1) is 5.60 Å². The van der Waals surface area contributed by atoms with Crippen LogP contribution >= 0.6 is 28.4 Å². The van der Waals surface area contributed by atoms with E-state index in [4.69, 9.17) is 4.74 Å². The molecule has 1 aliphatic heterocycles. The molecule has 0 aromatic heterocycles. The Bertz CT molecular complexity index is 464. The Labute approximate surface area is 257 Å². The second-order valence-corrected chi connectivity index (χ2v) is 23.3. The summed E-state index contributed by atoms with van der Waals surface area (Å²) in [6.45, 7) is 15.1. The van der Waals surface area contributed by atoms with Crippen LogP contribution in [0.5, 0.6) is 0 Å². The van der Waals surface area contributed by atoms with Gasteiger partial charge in [0.25, 0.3) is 0 Å².